The van der Waals surface area contributed by atoms with Crippen molar-refractivity contribution < 1.29 is 12.9 Å². The van der Waals surface area contributed by atoms with Crippen LogP contribution in [-0.2, 0) is 0 Å². The zero-order valence-electron chi connectivity index (χ0n) is 6.99. The molecule has 0 bridgehead atoms. The minimum absolute atomic E-state index is 0.0810. The van der Waals surface area contributed by atoms with Crippen LogP contribution in [0.3, 0.4) is 0 Å². The Balaban J connectivity index is 2.78. The second kappa shape index (κ2) is 2.97. The van der Waals surface area contributed by atoms with E-state index in [2.05, 4.69) is 9.97 Å². The van der Waals surface area contributed by atoms with Gasteiger partial charge in [-0.2, -0.15) is 0 Å². The van der Waals surface area contributed by atoms with Crippen LogP contribution in [-0.4, -0.2) is 16.9 Å². The van der Waals surface area contributed by atoms with E-state index in [0.717, 1.165) is 12.3 Å². The molecule has 0 unspecified atom stereocenters. The van der Waals surface area contributed by atoms with Gasteiger partial charge in [0.15, 0.2) is 0 Å². The lowest BCUT2D eigenvalue weighted by molar-refractivity contribution is 0.501. The van der Waals surface area contributed by atoms with Gasteiger partial charge in [-0.05, 0) is 12.1 Å². The Bertz CT molecular complexity index is 464. The Kier molecular flexibility index (Phi) is 1.91. The standard InChI is InChI=1S/C8H5BF3N2/c10-9(11,12)6-3-5-13-7-2-1-4-14-8(6)7/h1-5H/q-1. The molecule has 72 valence electrons. The highest BCUT2D eigenvalue weighted by Gasteiger charge is 2.28. The number of hydrogen-bond acceptors (Lipinski definition) is 2. The van der Waals surface area contributed by atoms with Gasteiger partial charge in [-0.15, -0.1) is 0 Å². The molecule has 0 aliphatic heterocycles. The molecule has 0 saturated heterocycles. The molecule has 2 aromatic rings. The quantitative estimate of drug-likeness (QED) is 0.650. The summed E-state index contributed by atoms with van der Waals surface area (Å²) in [4.78, 5) is 7.48. The third kappa shape index (κ3) is 1.43. The summed E-state index contributed by atoms with van der Waals surface area (Å²) in [6, 6.07) is 4.02. The van der Waals surface area contributed by atoms with Gasteiger partial charge in [0.2, 0.25) is 0 Å². The van der Waals surface area contributed by atoms with E-state index < -0.39 is 12.4 Å². The second-order valence-electron chi connectivity index (χ2n) is 2.85. The predicted molar refractivity (Wildman–Crippen MR) is 48.3 cm³/mol. The fraction of sp³-hybridized carbons (Fsp3) is 0. The van der Waals surface area contributed by atoms with Gasteiger partial charge < -0.3 is 12.9 Å². The van der Waals surface area contributed by atoms with Crippen LogP contribution in [0.2, 0.25) is 0 Å². The first-order chi connectivity index (χ1) is 6.59. The van der Waals surface area contributed by atoms with Crippen molar-refractivity contribution in [1.82, 2.24) is 9.97 Å². The van der Waals surface area contributed by atoms with Crippen LogP contribution in [0.4, 0.5) is 12.9 Å². The van der Waals surface area contributed by atoms with Gasteiger partial charge in [-0.3, -0.25) is 9.97 Å². The van der Waals surface area contributed by atoms with Crippen LogP contribution < -0.4 is 5.46 Å². The SMILES string of the molecule is F[B-](F)(F)c1ccnc2cccnc12. The Morgan fingerprint density at radius 2 is 1.79 bits per heavy atom. The molecule has 0 atom stereocenters. The topological polar surface area (TPSA) is 25.8 Å². The van der Waals surface area contributed by atoms with Crippen LogP contribution in [0, 0.1) is 0 Å². The average Bonchev–Trinajstić information content (AvgIpc) is 2.15. The number of pyridine rings is 2. The Labute approximate surface area is 77.9 Å². The monoisotopic (exact) mass is 197 g/mol. The van der Waals surface area contributed by atoms with Gasteiger partial charge in [0.1, 0.15) is 0 Å². The lowest BCUT2D eigenvalue weighted by Crippen LogP contribution is -2.35. The molecular weight excluding hydrogens is 192 g/mol. The molecule has 2 aromatic heterocycles. The molecule has 2 nitrogen and oxygen atoms in total. The van der Waals surface area contributed by atoms with Crippen LogP contribution >= 0.6 is 0 Å². The van der Waals surface area contributed by atoms with Crippen LogP contribution in [0.5, 0.6) is 0 Å². The van der Waals surface area contributed by atoms with Gasteiger partial charge in [0, 0.05) is 12.4 Å². The molecule has 0 fully saturated rings. The lowest BCUT2D eigenvalue weighted by atomic mass is 9.79. The summed E-state index contributed by atoms with van der Waals surface area (Å²) in [5.74, 6) is 0. The zero-order chi connectivity index (χ0) is 10.2. The number of hydrogen-bond donors (Lipinski definition) is 0. The molecule has 14 heavy (non-hydrogen) atoms. The van der Waals surface area contributed by atoms with E-state index in [1.807, 2.05) is 0 Å². The number of rotatable bonds is 1. The van der Waals surface area contributed by atoms with Crippen molar-refractivity contribution in [1.29, 1.82) is 0 Å². The number of halogens is 3. The van der Waals surface area contributed by atoms with E-state index in [1.54, 1.807) is 6.07 Å². The third-order valence-electron chi connectivity index (χ3n) is 1.88. The molecule has 2 heterocycles. The average molecular weight is 197 g/mol. The molecule has 0 aliphatic rings. The maximum absolute atomic E-state index is 12.5. The largest absolute Gasteiger partial charge is 0.511 e. The number of fused-ring (bicyclic) bond motifs is 1. The Morgan fingerprint density at radius 1 is 1.00 bits per heavy atom. The summed E-state index contributed by atoms with van der Waals surface area (Å²) in [6.45, 7) is -5.02. The highest BCUT2D eigenvalue weighted by Crippen LogP contribution is 2.14. The number of nitrogens with zero attached hydrogens (tertiary/aromatic N) is 2. The van der Waals surface area contributed by atoms with Gasteiger partial charge in [-0.1, -0.05) is 11.5 Å². The van der Waals surface area contributed by atoms with Gasteiger partial charge in [0.25, 0.3) is 0 Å². The fourth-order valence-electron chi connectivity index (χ4n) is 1.26. The van der Waals surface area contributed by atoms with E-state index in [1.165, 1.54) is 12.3 Å². The van der Waals surface area contributed by atoms with Crippen LogP contribution in [0.25, 0.3) is 11.0 Å². The zero-order valence-corrected chi connectivity index (χ0v) is 6.99. The van der Waals surface area contributed by atoms with E-state index in [4.69, 9.17) is 0 Å². The lowest BCUT2D eigenvalue weighted by Gasteiger charge is -2.15. The molecule has 0 radical (unpaired) electrons. The first kappa shape index (κ1) is 8.99. The summed E-state index contributed by atoms with van der Waals surface area (Å²) in [5, 5.41) is 0. The minimum atomic E-state index is -5.02. The molecule has 0 N–H and O–H groups in total. The van der Waals surface area contributed by atoms with Crippen molar-refractivity contribution in [3.63, 3.8) is 0 Å². The fourth-order valence-corrected chi connectivity index (χ4v) is 1.26. The van der Waals surface area contributed by atoms with Gasteiger partial charge in [-0.25, -0.2) is 0 Å². The van der Waals surface area contributed by atoms with E-state index in [0.29, 0.717) is 0 Å². The summed E-state index contributed by atoms with van der Waals surface area (Å²) < 4.78 is 37.5. The normalized spacial score (nSPS) is 11.9. The molecule has 2 rings (SSSR count). The van der Waals surface area contributed by atoms with Gasteiger partial charge >= 0.3 is 6.98 Å². The Hall–Kier alpha value is -1.59. The van der Waals surface area contributed by atoms with Crippen molar-refractivity contribution in [3.05, 3.63) is 30.6 Å². The first-order valence-electron chi connectivity index (χ1n) is 3.98. The molecule has 0 spiro atoms. The van der Waals surface area contributed by atoms with Crippen molar-refractivity contribution >= 4 is 23.5 Å². The van der Waals surface area contributed by atoms with Crippen molar-refractivity contribution in [2.24, 2.45) is 0 Å². The maximum atomic E-state index is 12.5. The molecular formula is C8H5BF3N2-. The van der Waals surface area contributed by atoms with E-state index in [9.17, 15) is 12.9 Å². The van der Waals surface area contributed by atoms with Crippen molar-refractivity contribution in [2.45, 2.75) is 0 Å². The highest BCUT2D eigenvalue weighted by molar-refractivity contribution is 6.75. The van der Waals surface area contributed by atoms with E-state index >= 15 is 0 Å². The number of aromatic nitrogens is 2. The smallest absolute Gasteiger partial charge is 0.445 e. The summed E-state index contributed by atoms with van der Waals surface area (Å²) in [7, 11) is 0. The van der Waals surface area contributed by atoms with E-state index in [-0.39, 0.29) is 11.0 Å². The predicted octanol–water partition coefficient (Wildman–Crippen LogP) is 1.68. The molecule has 6 heteroatoms. The summed E-state index contributed by atoms with van der Waals surface area (Å²) >= 11 is 0. The van der Waals surface area contributed by atoms with Gasteiger partial charge in [0.05, 0.1) is 11.0 Å². The molecule has 0 amide bonds. The van der Waals surface area contributed by atoms with Crippen LogP contribution in [0.15, 0.2) is 30.6 Å². The maximum Gasteiger partial charge on any atom is 0.511 e. The highest BCUT2D eigenvalue weighted by atomic mass is 19.4. The second-order valence-corrected chi connectivity index (χ2v) is 2.85. The first-order valence-corrected chi connectivity index (χ1v) is 3.98. The van der Waals surface area contributed by atoms with Crippen LogP contribution in [0.1, 0.15) is 0 Å². The third-order valence-corrected chi connectivity index (χ3v) is 1.88. The molecule has 0 saturated carbocycles. The Morgan fingerprint density at radius 3 is 2.50 bits per heavy atom. The molecule has 0 aromatic carbocycles. The molecule has 0 aliphatic carbocycles. The minimum Gasteiger partial charge on any atom is -0.445 e. The van der Waals surface area contributed by atoms with Crippen molar-refractivity contribution in [2.75, 3.05) is 0 Å². The van der Waals surface area contributed by atoms with Crippen molar-refractivity contribution in [3.8, 4) is 0 Å². The summed E-state index contributed by atoms with van der Waals surface area (Å²) in [6.07, 6.45) is 2.48. The summed E-state index contributed by atoms with van der Waals surface area (Å²) in [5.41, 5.74) is -0.498.